The van der Waals surface area contributed by atoms with E-state index in [9.17, 15) is 13.2 Å². The van der Waals surface area contributed by atoms with Crippen molar-refractivity contribution in [3.63, 3.8) is 0 Å². The fourth-order valence-corrected chi connectivity index (χ4v) is 3.10. The number of nitrogens with one attached hydrogen (secondary N) is 1. The second-order valence-electron chi connectivity index (χ2n) is 5.89. The van der Waals surface area contributed by atoms with Gasteiger partial charge in [0.2, 0.25) is 15.9 Å². The smallest absolute Gasteiger partial charge is 0.224 e. The molecule has 0 fully saturated rings. The Kier molecular flexibility index (Phi) is 7.51. The van der Waals surface area contributed by atoms with Crippen LogP contribution in [0.1, 0.15) is 19.4 Å². The summed E-state index contributed by atoms with van der Waals surface area (Å²) >= 11 is 0. The second kappa shape index (κ2) is 8.88. The van der Waals surface area contributed by atoms with Crippen LogP contribution in [-0.4, -0.2) is 51.6 Å². The van der Waals surface area contributed by atoms with Crippen LogP contribution in [0.4, 0.5) is 0 Å². The van der Waals surface area contributed by atoms with Crippen LogP contribution < -0.4 is 10.1 Å². The van der Waals surface area contributed by atoms with Gasteiger partial charge in [0.05, 0.1) is 19.8 Å². The minimum absolute atomic E-state index is 0.131. The summed E-state index contributed by atoms with van der Waals surface area (Å²) in [6.07, 6.45) is 1.45. The molecule has 23 heavy (non-hydrogen) atoms. The Labute approximate surface area is 138 Å². The normalized spacial score (nSPS) is 11.7. The Balaban J connectivity index is 2.45. The van der Waals surface area contributed by atoms with Gasteiger partial charge in [-0.1, -0.05) is 26.0 Å². The topological polar surface area (TPSA) is 75.7 Å². The number of carbonyl (C=O) groups is 1. The molecule has 0 aliphatic carbocycles. The Bertz CT molecular complexity index is 597. The molecule has 0 atom stereocenters. The van der Waals surface area contributed by atoms with E-state index in [0.29, 0.717) is 13.1 Å². The molecule has 7 heteroatoms. The molecule has 0 saturated heterocycles. The number of amides is 1. The minimum atomic E-state index is -3.26. The highest BCUT2D eigenvalue weighted by atomic mass is 32.2. The molecule has 1 N–H and O–H groups in total. The summed E-state index contributed by atoms with van der Waals surface area (Å²) in [5, 5.41) is 2.76. The highest BCUT2D eigenvalue weighted by molar-refractivity contribution is 7.88. The summed E-state index contributed by atoms with van der Waals surface area (Å²) in [4.78, 5) is 11.9. The first kappa shape index (κ1) is 19.4. The largest absolute Gasteiger partial charge is 0.497 e. The molecule has 0 spiro atoms. The number of ether oxygens (including phenoxy) is 1. The third-order valence-electron chi connectivity index (χ3n) is 3.24. The van der Waals surface area contributed by atoms with Crippen molar-refractivity contribution in [3.05, 3.63) is 29.8 Å². The monoisotopic (exact) mass is 342 g/mol. The van der Waals surface area contributed by atoms with Crippen LogP contribution in [-0.2, 0) is 21.2 Å². The number of rotatable bonds is 9. The van der Waals surface area contributed by atoms with Crippen molar-refractivity contribution in [3.8, 4) is 5.75 Å². The Morgan fingerprint density at radius 2 is 1.87 bits per heavy atom. The zero-order chi connectivity index (χ0) is 17.5. The maximum Gasteiger partial charge on any atom is 0.224 e. The lowest BCUT2D eigenvalue weighted by Gasteiger charge is -2.22. The van der Waals surface area contributed by atoms with Crippen molar-refractivity contribution in [1.82, 2.24) is 9.62 Å². The Morgan fingerprint density at radius 3 is 2.35 bits per heavy atom. The lowest BCUT2D eigenvalue weighted by atomic mass is 10.1. The van der Waals surface area contributed by atoms with E-state index in [1.165, 1.54) is 10.6 Å². The molecule has 1 aromatic rings. The maximum absolute atomic E-state index is 11.9. The van der Waals surface area contributed by atoms with Crippen molar-refractivity contribution in [1.29, 1.82) is 0 Å². The van der Waals surface area contributed by atoms with Gasteiger partial charge in [-0.05, 0) is 23.6 Å². The van der Waals surface area contributed by atoms with E-state index < -0.39 is 10.0 Å². The molecule has 6 nitrogen and oxygen atoms in total. The Hall–Kier alpha value is -1.60. The molecule has 0 heterocycles. The van der Waals surface area contributed by atoms with Gasteiger partial charge in [0, 0.05) is 19.6 Å². The number of benzene rings is 1. The fourth-order valence-electron chi connectivity index (χ4n) is 2.11. The first-order valence-electron chi connectivity index (χ1n) is 7.57. The van der Waals surface area contributed by atoms with E-state index in [0.717, 1.165) is 11.3 Å². The third-order valence-corrected chi connectivity index (χ3v) is 4.51. The Morgan fingerprint density at radius 1 is 1.26 bits per heavy atom. The van der Waals surface area contributed by atoms with Crippen LogP contribution in [0.3, 0.4) is 0 Å². The lowest BCUT2D eigenvalue weighted by molar-refractivity contribution is -0.120. The van der Waals surface area contributed by atoms with Crippen LogP contribution in [0.15, 0.2) is 24.3 Å². The third kappa shape index (κ3) is 7.47. The summed E-state index contributed by atoms with van der Waals surface area (Å²) in [5.41, 5.74) is 0.880. The number of sulfonamides is 1. The van der Waals surface area contributed by atoms with Crippen LogP contribution in [0, 0.1) is 5.92 Å². The first-order valence-corrected chi connectivity index (χ1v) is 9.42. The fraction of sp³-hybridized carbons (Fsp3) is 0.562. The van der Waals surface area contributed by atoms with Crippen molar-refractivity contribution >= 4 is 15.9 Å². The molecule has 0 bridgehead atoms. The average Bonchev–Trinajstić information content (AvgIpc) is 2.45. The molecule has 1 rings (SSSR count). The van der Waals surface area contributed by atoms with E-state index in [4.69, 9.17) is 4.74 Å². The van der Waals surface area contributed by atoms with Gasteiger partial charge in [0.1, 0.15) is 5.75 Å². The minimum Gasteiger partial charge on any atom is -0.497 e. The van der Waals surface area contributed by atoms with E-state index >= 15 is 0 Å². The maximum atomic E-state index is 11.9. The molecular formula is C16H26N2O4S. The van der Waals surface area contributed by atoms with Crippen molar-refractivity contribution in [2.45, 2.75) is 20.3 Å². The van der Waals surface area contributed by atoms with E-state index in [-0.39, 0.29) is 24.8 Å². The number of methoxy groups -OCH3 is 1. The molecule has 0 aliphatic rings. The zero-order valence-electron chi connectivity index (χ0n) is 14.2. The van der Waals surface area contributed by atoms with Crippen molar-refractivity contribution < 1.29 is 17.9 Å². The number of nitrogens with zero attached hydrogens (tertiary/aromatic N) is 1. The predicted molar refractivity (Wildman–Crippen MR) is 91.0 cm³/mol. The molecule has 130 valence electrons. The molecule has 1 amide bonds. The van der Waals surface area contributed by atoms with Crippen molar-refractivity contribution in [2.24, 2.45) is 5.92 Å². The van der Waals surface area contributed by atoms with Gasteiger partial charge in [0.15, 0.2) is 0 Å². The van der Waals surface area contributed by atoms with Crippen LogP contribution in [0.2, 0.25) is 0 Å². The summed E-state index contributed by atoms with van der Waals surface area (Å²) in [6.45, 7) is 4.95. The SMILES string of the molecule is COc1ccc(CC(=O)NCCN(CC(C)C)S(C)(=O)=O)cc1. The van der Waals surface area contributed by atoms with Crippen molar-refractivity contribution in [2.75, 3.05) is 33.0 Å². The molecule has 0 aliphatic heterocycles. The van der Waals surface area contributed by atoms with Gasteiger partial charge in [0.25, 0.3) is 0 Å². The average molecular weight is 342 g/mol. The number of carbonyl (C=O) groups excluding carboxylic acids is 1. The molecule has 1 aromatic carbocycles. The van der Waals surface area contributed by atoms with Gasteiger partial charge in [-0.15, -0.1) is 0 Å². The zero-order valence-corrected chi connectivity index (χ0v) is 15.0. The van der Waals surface area contributed by atoms with E-state index in [1.54, 1.807) is 19.2 Å². The highest BCUT2D eigenvalue weighted by Gasteiger charge is 2.17. The van der Waals surface area contributed by atoms with E-state index in [1.807, 2.05) is 26.0 Å². The summed E-state index contributed by atoms with van der Waals surface area (Å²) in [6, 6.07) is 7.27. The van der Waals surface area contributed by atoms with Gasteiger partial charge in [-0.25, -0.2) is 12.7 Å². The quantitative estimate of drug-likeness (QED) is 0.733. The van der Waals surface area contributed by atoms with Crippen LogP contribution >= 0.6 is 0 Å². The summed E-state index contributed by atoms with van der Waals surface area (Å²) in [7, 11) is -1.67. The molecule has 0 saturated carbocycles. The first-order chi connectivity index (χ1) is 10.7. The molecule has 0 radical (unpaired) electrons. The molecular weight excluding hydrogens is 316 g/mol. The predicted octanol–water partition coefficient (Wildman–Crippen LogP) is 1.27. The molecule has 0 unspecified atom stereocenters. The van der Waals surface area contributed by atoms with Gasteiger partial charge < -0.3 is 10.1 Å². The summed E-state index contributed by atoms with van der Waals surface area (Å²) < 4.78 is 29.9. The van der Waals surface area contributed by atoms with Crippen LogP contribution in [0.5, 0.6) is 5.75 Å². The van der Waals surface area contributed by atoms with Gasteiger partial charge in [-0.3, -0.25) is 4.79 Å². The summed E-state index contributed by atoms with van der Waals surface area (Å²) in [5.74, 6) is 0.847. The van der Waals surface area contributed by atoms with Crippen LogP contribution in [0.25, 0.3) is 0 Å². The second-order valence-corrected chi connectivity index (χ2v) is 7.87. The van der Waals surface area contributed by atoms with Gasteiger partial charge in [-0.2, -0.15) is 0 Å². The highest BCUT2D eigenvalue weighted by Crippen LogP contribution is 2.11. The lowest BCUT2D eigenvalue weighted by Crippen LogP contribution is -2.40. The standard InChI is InChI=1S/C16H26N2O4S/c1-13(2)12-18(23(4,20)21)10-9-17-16(19)11-14-5-7-15(22-3)8-6-14/h5-8,13H,9-12H2,1-4H3,(H,17,19). The number of hydrogen-bond acceptors (Lipinski definition) is 4. The van der Waals surface area contributed by atoms with Gasteiger partial charge >= 0.3 is 0 Å². The van der Waals surface area contributed by atoms with E-state index in [2.05, 4.69) is 5.32 Å². The number of hydrogen-bond donors (Lipinski definition) is 1. The molecule has 0 aromatic heterocycles.